The number of halogens is 1. The van der Waals surface area contributed by atoms with Crippen molar-refractivity contribution in [2.75, 3.05) is 0 Å². The van der Waals surface area contributed by atoms with E-state index in [2.05, 4.69) is 77.1 Å². The van der Waals surface area contributed by atoms with Gasteiger partial charge in [0.05, 0.1) is 0 Å². The van der Waals surface area contributed by atoms with Gasteiger partial charge in [0.25, 0.3) is 0 Å². The van der Waals surface area contributed by atoms with Crippen molar-refractivity contribution in [2.45, 2.75) is 40.0 Å². The van der Waals surface area contributed by atoms with Crippen molar-refractivity contribution >= 4 is 0 Å². The summed E-state index contributed by atoms with van der Waals surface area (Å²) in [6, 6.07) is 16.0. The van der Waals surface area contributed by atoms with Crippen molar-refractivity contribution in [3.05, 3.63) is 66.3 Å². The smallest absolute Gasteiger partial charge is 0.0561 e. The quantitative estimate of drug-likeness (QED) is 0.712. The summed E-state index contributed by atoms with van der Waals surface area (Å²) in [6.45, 7) is 11.2. The van der Waals surface area contributed by atoms with Crippen molar-refractivity contribution in [3.63, 3.8) is 0 Å². The Hall–Kier alpha value is -0.830. The topological polar surface area (TPSA) is 0 Å². The molecule has 100 valence electrons. The van der Waals surface area contributed by atoms with E-state index in [0.717, 1.165) is 0 Å². The Morgan fingerprint density at radius 3 is 2.00 bits per heavy atom. The molecule has 0 radical (unpaired) electrons. The molecule has 0 fully saturated rings. The minimum Gasteiger partial charge on any atom is -0.0561 e. The zero-order chi connectivity index (χ0) is 14.0. The third-order valence-electron chi connectivity index (χ3n) is 3.23. The molecular formula is C18H22I+. The van der Waals surface area contributed by atoms with Gasteiger partial charge in [0.1, 0.15) is 0 Å². The molecule has 2 aromatic rings. The Kier molecular flexibility index (Phi) is 4.34. The summed E-state index contributed by atoms with van der Waals surface area (Å²) in [5.41, 5.74) is 4.46. The van der Waals surface area contributed by atoms with Crippen LogP contribution in [0, 0.1) is 21.0 Å². The van der Waals surface area contributed by atoms with E-state index in [4.69, 9.17) is 0 Å². The first-order chi connectivity index (χ1) is 8.86. The van der Waals surface area contributed by atoms with Gasteiger partial charge in [0.15, 0.2) is 7.14 Å². The highest BCUT2D eigenvalue weighted by Crippen LogP contribution is 2.20. The van der Waals surface area contributed by atoms with E-state index in [1.54, 1.807) is 0 Å². The lowest BCUT2D eigenvalue weighted by Crippen LogP contribution is -3.61. The van der Waals surface area contributed by atoms with Crippen molar-refractivity contribution in [1.29, 1.82) is 0 Å². The van der Waals surface area contributed by atoms with E-state index in [1.165, 1.54) is 23.8 Å². The Balaban J connectivity index is 2.20. The normalized spacial score (nSPS) is 11.6. The molecule has 0 atom stereocenters. The Morgan fingerprint density at radius 2 is 1.47 bits per heavy atom. The van der Waals surface area contributed by atoms with E-state index in [-0.39, 0.29) is 26.6 Å². The van der Waals surface area contributed by atoms with E-state index >= 15 is 0 Å². The fraction of sp³-hybridized carbons (Fsp3) is 0.333. The number of benzene rings is 2. The fourth-order valence-corrected chi connectivity index (χ4v) is 4.36. The average Bonchev–Trinajstić information content (AvgIpc) is 2.32. The minimum absolute atomic E-state index is 0.0553. The van der Waals surface area contributed by atoms with Crippen molar-refractivity contribution in [3.8, 4) is 0 Å². The lowest BCUT2D eigenvalue weighted by molar-refractivity contribution is -0.598. The molecule has 0 bridgehead atoms. The van der Waals surface area contributed by atoms with Crippen LogP contribution in [-0.2, 0) is 5.41 Å². The zero-order valence-corrected chi connectivity index (χ0v) is 14.6. The summed E-state index contributed by atoms with van der Waals surface area (Å²) in [5.74, 6) is 0. The van der Waals surface area contributed by atoms with Crippen LogP contribution < -0.4 is 21.2 Å². The SMILES string of the molecule is Cc1ccc([I+]c2ccc(C(C)(C)C)cc2)c(C)c1. The molecule has 0 aromatic heterocycles. The molecule has 0 aliphatic carbocycles. The summed E-state index contributed by atoms with van der Waals surface area (Å²) in [7, 11) is 0. The van der Waals surface area contributed by atoms with E-state index in [1.807, 2.05) is 0 Å². The maximum absolute atomic E-state index is 2.31. The van der Waals surface area contributed by atoms with E-state index in [9.17, 15) is 0 Å². The molecule has 2 aromatic carbocycles. The largest absolute Gasteiger partial charge is 0.358 e. The van der Waals surface area contributed by atoms with Gasteiger partial charge in [0, 0.05) is 5.56 Å². The van der Waals surface area contributed by atoms with Gasteiger partial charge in [-0.15, -0.1) is 0 Å². The number of rotatable bonds is 2. The first kappa shape index (κ1) is 14.6. The van der Waals surface area contributed by atoms with Crippen LogP contribution >= 0.6 is 0 Å². The molecule has 0 aliphatic rings. The van der Waals surface area contributed by atoms with Gasteiger partial charge in [-0.05, 0) is 43.0 Å². The minimum atomic E-state index is -0.0553. The average molecular weight is 365 g/mol. The van der Waals surface area contributed by atoms with Gasteiger partial charge >= 0.3 is 21.2 Å². The number of hydrogen-bond donors (Lipinski definition) is 0. The van der Waals surface area contributed by atoms with Crippen LogP contribution in [0.25, 0.3) is 0 Å². The predicted octanol–water partition coefficient (Wildman–Crippen LogP) is 1.73. The van der Waals surface area contributed by atoms with Crippen molar-refractivity contribution in [2.24, 2.45) is 0 Å². The first-order valence-electron chi connectivity index (χ1n) is 6.69. The number of hydrogen-bond acceptors (Lipinski definition) is 0. The molecule has 0 nitrogen and oxygen atoms in total. The van der Waals surface area contributed by atoms with Crippen LogP contribution in [0.1, 0.15) is 37.5 Å². The van der Waals surface area contributed by atoms with Crippen LogP contribution in [-0.4, -0.2) is 0 Å². The second-order valence-electron chi connectivity index (χ2n) is 6.10. The summed E-state index contributed by atoms with van der Waals surface area (Å²) in [6.07, 6.45) is 0. The Morgan fingerprint density at radius 1 is 0.842 bits per heavy atom. The maximum Gasteiger partial charge on any atom is 0.358 e. The van der Waals surface area contributed by atoms with Gasteiger partial charge < -0.3 is 0 Å². The maximum atomic E-state index is 2.31. The monoisotopic (exact) mass is 365 g/mol. The molecule has 19 heavy (non-hydrogen) atoms. The first-order valence-corrected chi connectivity index (χ1v) is 8.84. The highest BCUT2D eigenvalue weighted by Gasteiger charge is 2.20. The Labute approximate surface area is 127 Å². The van der Waals surface area contributed by atoms with Crippen molar-refractivity contribution < 1.29 is 21.2 Å². The molecular weight excluding hydrogens is 343 g/mol. The standard InChI is InChI=1S/C18H22I/c1-13-6-11-17(14(2)12-13)19-16-9-7-15(8-10-16)18(3,4)5/h6-12H,1-5H3/q+1. The summed E-state index contributed by atoms with van der Waals surface area (Å²) >= 11 is -0.0553. The summed E-state index contributed by atoms with van der Waals surface area (Å²) in [4.78, 5) is 0. The second-order valence-corrected chi connectivity index (χ2v) is 9.05. The van der Waals surface area contributed by atoms with Crippen molar-refractivity contribution in [1.82, 2.24) is 0 Å². The third-order valence-corrected chi connectivity index (χ3v) is 6.37. The summed E-state index contributed by atoms with van der Waals surface area (Å²) in [5, 5.41) is 0. The van der Waals surface area contributed by atoms with Gasteiger partial charge in [-0.25, -0.2) is 0 Å². The van der Waals surface area contributed by atoms with Gasteiger partial charge in [-0.3, -0.25) is 0 Å². The highest BCUT2D eigenvalue weighted by molar-refractivity contribution is 5.23. The second kappa shape index (κ2) is 5.66. The molecule has 0 aliphatic heterocycles. The molecule has 1 heteroatoms. The fourth-order valence-electron chi connectivity index (χ4n) is 2.03. The third kappa shape index (κ3) is 3.82. The van der Waals surface area contributed by atoms with E-state index < -0.39 is 0 Å². The number of aryl methyl sites for hydroxylation is 2. The molecule has 0 amide bonds. The van der Waals surface area contributed by atoms with Crippen LogP contribution in [0.3, 0.4) is 0 Å². The molecule has 0 N–H and O–H groups in total. The predicted molar refractivity (Wildman–Crippen MR) is 78.5 cm³/mol. The highest BCUT2D eigenvalue weighted by atomic mass is 127. The summed E-state index contributed by atoms with van der Waals surface area (Å²) < 4.78 is 3.03. The van der Waals surface area contributed by atoms with Gasteiger partial charge in [-0.1, -0.05) is 50.6 Å². The lowest BCUT2D eigenvalue weighted by atomic mass is 9.87. The molecule has 0 saturated heterocycles. The molecule has 0 heterocycles. The van der Waals surface area contributed by atoms with Crippen LogP contribution in [0.4, 0.5) is 0 Å². The zero-order valence-electron chi connectivity index (χ0n) is 12.4. The van der Waals surface area contributed by atoms with Gasteiger partial charge in [0.2, 0.25) is 0 Å². The molecule has 0 spiro atoms. The lowest BCUT2D eigenvalue weighted by Gasteiger charge is -2.18. The van der Waals surface area contributed by atoms with Crippen LogP contribution in [0.5, 0.6) is 0 Å². The van der Waals surface area contributed by atoms with Gasteiger partial charge in [-0.2, -0.15) is 0 Å². The molecule has 2 rings (SSSR count). The molecule has 0 saturated carbocycles. The Bertz CT molecular complexity index is 559. The molecule has 0 unspecified atom stereocenters. The van der Waals surface area contributed by atoms with Crippen LogP contribution in [0.2, 0.25) is 0 Å². The van der Waals surface area contributed by atoms with Crippen LogP contribution in [0.15, 0.2) is 42.5 Å². The van der Waals surface area contributed by atoms with E-state index in [0.29, 0.717) is 0 Å².